The largest absolute Gasteiger partial charge is 0.455 e. The number of hydrogen-bond donors (Lipinski definition) is 0. The van der Waals surface area contributed by atoms with Crippen LogP contribution in [0.1, 0.15) is 49.9 Å². The topological polar surface area (TPSA) is 32.8 Å². The van der Waals surface area contributed by atoms with Crippen LogP contribution in [-0.2, 0) is 10.8 Å². The van der Waals surface area contributed by atoms with Crippen molar-refractivity contribution in [1.82, 2.24) is 0 Å². The molecule has 0 unspecified atom stereocenters. The molecule has 0 N–H and O–H groups in total. The van der Waals surface area contributed by atoms with Crippen molar-refractivity contribution in [3.63, 3.8) is 0 Å². The summed E-state index contributed by atoms with van der Waals surface area (Å²) in [6.07, 6.45) is 0. The second-order valence-electron chi connectivity index (χ2n) is 31.0. The summed E-state index contributed by atoms with van der Waals surface area (Å²) in [5, 5.41) is 24.6. The first-order valence-corrected chi connectivity index (χ1v) is 37.7. The van der Waals surface area contributed by atoms with E-state index in [1.54, 1.807) is 0 Å². The molecule has 0 radical (unpaired) electrons. The van der Waals surface area contributed by atoms with Crippen molar-refractivity contribution < 1.29 is 8.83 Å². The van der Waals surface area contributed by atoms with Crippen LogP contribution in [0.3, 0.4) is 0 Å². The lowest BCUT2D eigenvalue weighted by molar-refractivity contribution is 0.661. The van der Waals surface area contributed by atoms with Crippen LogP contribution >= 0.6 is 0 Å². The number of para-hydroxylation sites is 4. The van der Waals surface area contributed by atoms with Crippen molar-refractivity contribution in [2.75, 3.05) is 9.80 Å². The van der Waals surface area contributed by atoms with Gasteiger partial charge < -0.3 is 18.6 Å². The summed E-state index contributed by atoms with van der Waals surface area (Å²) in [4.78, 5) is 4.91. The van der Waals surface area contributed by atoms with Crippen LogP contribution in [0.15, 0.2) is 349 Å². The molecule has 4 heteroatoms. The van der Waals surface area contributed by atoms with E-state index in [2.05, 4.69) is 365 Å². The lowest BCUT2D eigenvalue weighted by Crippen LogP contribution is -2.16. The van der Waals surface area contributed by atoms with Gasteiger partial charge in [0.25, 0.3) is 0 Å². The molecule has 0 saturated heterocycles. The van der Waals surface area contributed by atoms with Crippen LogP contribution in [0.2, 0.25) is 0 Å². The van der Waals surface area contributed by atoms with Gasteiger partial charge in [-0.2, -0.15) is 0 Å². The summed E-state index contributed by atoms with van der Waals surface area (Å²) in [6.45, 7) is 9.65. The van der Waals surface area contributed by atoms with Gasteiger partial charge >= 0.3 is 0 Å². The normalized spacial score (nSPS) is 13.5. The molecule has 0 saturated carbocycles. The fourth-order valence-electron chi connectivity index (χ4n) is 19.2. The van der Waals surface area contributed by atoms with Crippen molar-refractivity contribution in [3.05, 3.63) is 362 Å². The zero-order valence-electron chi connectivity index (χ0n) is 60.0. The van der Waals surface area contributed by atoms with E-state index < -0.39 is 0 Å². The van der Waals surface area contributed by atoms with E-state index in [9.17, 15) is 0 Å². The highest BCUT2D eigenvalue weighted by Crippen LogP contribution is 2.56. The summed E-state index contributed by atoms with van der Waals surface area (Å²) in [7, 11) is 0. The molecule has 21 aromatic rings. The molecule has 0 atom stereocenters. The predicted molar refractivity (Wildman–Crippen MR) is 456 cm³/mol. The molecule has 2 aromatic heterocycles. The van der Waals surface area contributed by atoms with E-state index in [1.165, 1.54) is 109 Å². The van der Waals surface area contributed by atoms with Gasteiger partial charge in [-0.05, 0) is 263 Å². The second kappa shape index (κ2) is 22.5. The molecule has 2 aliphatic rings. The van der Waals surface area contributed by atoms with Crippen LogP contribution in [0.4, 0.5) is 34.1 Å². The van der Waals surface area contributed by atoms with Gasteiger partial charge in [0.2, 0.25) is 0 Å². The molecule has 2 heterocycles. The van der Waals surface area contributed by atoms with E-state index in [-0.39, 0.29) is 10.8 Å². The van der Waals surface area contributed by atoms with Gasteiger partial charge in [0.1, 0.15) is 22.3 Å². The third-order valence-corrected chi connectivity index (χ3v) is 24.5. The highest BCUT2D eigenvalue weighted by Gasteiger charge is 2.39. The van der Waals surface area contributed by atoms with Gasteiger partial charge in [0.15, 0.2) is 0 Å². The predicted octanol–water partition coefficient (Wildman–Crippen LogP) is 29.6. The van der Waals surface area contributed by atoms with Crippen LogP contribution < -0.4 is 9.80 Å². The van der Waals surface area contributed by atoms with Crippen molar-refractivity contribution >= 4 is 164 Å². The van der Waals surface area contributed by atoms with Gasteiger partial charge in [0.05, 0.1) is 0 Å². The molecule has 0 aliphatic heterocycles. The first kappa shape index (κ1) is 60.8. The quantitative estimate of drug-likeness (QED) is 0.112. The highest BCUT2D eigenvalue weighted by atomic mass is 16.3. The summed E-state index contributed by atoms with van der Waals surface area (Å²) in [5.74, 6) is 0. The minimum atomic E-state index is -0.293. The average Bonchev–Trinajstić information content (AvgIpc) is 1.53. The molecule has 0 amide bonds. The van der Waals surface area contributed by atoms with Crippen LogP contribution in [-0.4, -0.2) is 0 Å². The Kier molecular flexibility index (Phi) is 12.7. The first-order chi connectivity index (χ1) is 53.0. The molecule has 506 valence electrons. The lowest BCUT2D eigenvalue weighted by atomic mass is 9.81. The maximum absolute atomic E-state index is 6.62. The number of fused-ring (bicyclic) bond motifs is 26. The van der Waals surface area contributed by atoms with Crippen molar-refractivity contribution in [2.45, 2.75) is 38.5 Å². The van der Waals surface area contributed by atoms with Crippen LogP contribution in [0.25, 0.3) is 175 Å². The van der Waals surface area contributed by atoms with Gasteiger partial charge in [-0.1, -0.05) is 246 Å². The molecule has 19 aromatic carbocycles. The molecule has 0 bridgehead atoms. The molecule has 2 aliphatic carbocycles. The third-order valence-electron chi connectivity index (χ3n) is 24.5. The molecule has 23 rings (SSSR count). The minimum Gasteiger partial charge on any atom is -0.455 e. The fourth-order valence-corrected chi connectivity index (χ4v) is 19.2. The Morgan fingerprint density at radius 1 is 0.194 bits per heavy atom. The first-order valence-electron chi connectivity index (χ1n) is 37.7. The van der Waals surface area contributed by atoms with E-state index >= 15 is 0 Å². The van der Waals surface area contributed by atoms with Gasteiger partial charge in [-0.3, -0.25) is 0 Å². The summed E-state index contributed by atoms with van der Waals surface area (Å²) in [6, 6.07) is 127. The lowest BCUT2D eigenvalue weighted by Gasteiger charge is -2.29. The number of rotatable bonds is 8. The Hall–Kier alpha value is -13.5. The standard InChI is InChI=1S/C104H68N2O2/c1-103(2)95-55-71(47-49-83(95)93-57-89-79-23-9-5-19-75(79)77-21-7-11-25-81(77)91(89)59-97(93)103)105(67-41-35-61(36-42-67)73-29-17-31-87-85-27-13-15-33-99(85)107-101(73)87)69-45-39-63-52-66-54-70(46-40-64(66)51-65(63)53-69)106(68-43-37-62(38-44-68)74-30-18-32-88-86-28-14-16-34-100(86)108-102(74)88)72-48-50-84-94-58-90-80-24-10-6-20-76(80)78-22-8-12-26-82(78)92(90)60-98(94)104(3,4)96(84)56-72/h5-60H,1-4H3. The summed E-state index contributed by atoms with van der Waals surface area (Å²) < 4.78 is 13.2. The van der Waals surface area contributed by atoms with E-state index in [0.717, 1.165) is 122 Å². The van der Waals surface area contributed by atoms with Crippen LogP contribution in [0.5, 0.6) is 0 Å². The van der Waals surface area contributed by atoms with Gasteiger partial charge in [-0.25, -0.2) is 0 Å². The summed E-state index contributed by atoms with van der Waals surface area (Å²) in [5.41, 5.74) is 24.3. The maximum atomic E-state index is 6.62. The highest BCUT2D eigenvalue weighted by molar-refractivity contribution is 6.28. The average molecular weight is 1380 g/mol. The number of hydrogen-bond acceptors (Lipinski definition) is 4. The third kappa shape index (κ3) is 8.80. The molecule has 0 spiro atoms. The number of nitrogens with zero attached hydrogens (tertiary/aromatic N) is 2. The molecular formula is C104H68N2O2. The number of furan rings is 2. The minimum absolute atomic E-state index is 0.293. The SMILES string of the molecule is CC1(C)c2cc(N(c3ccc(-c4cccc5c4oc4ccccc45)cc3)c3ccc4cc5cc(N(c6ccc(-c7cccc8c7oc7ccccc78)cc6)c6ccc7c(c6)C(C)(C)c6cc8c9ccccc9c9ccccc9c8cc6-7)ccc5cc4c3)ccc2-c2cc3c4ccccc4c4ccccc4c3cc21. The van der Waals surface area contributed by atoms with Crippen molar-refractivity contribution in [3.8, 4) is 44.5 Å². The summed E-state index contributed by atoms with van der Waals surface area (Å²) >= 11 is 0. The van der Waals surface area contributed by atoms with Crippen molar-refractivity contribution in [2.24, 2.45) is 0 Å². The number of benzene rings is 19. The zero-order chi connectivity index (χ0) is 71.4. The molecular weight excluding hydrogens is 1310 g/mol. The van der Waals surface area contributed by atoms with E-state index in [4.69, 9.17) is 8.83 Å². The van der Waals surface area contributed by atoms with Gasteiger partial charge in [-0.15, -0.1) is 0 Å². The Labute approximate surface area is 623 Å². The van der Waals surface area contributed by atoms with Crippen LogP contribution in [0, 0.1) is 0 Å². The van der Waals surface area contributed by atoms with Crippen molar-refractivity contribution in [1.29, 1.82) is 0 Å². The second-order valence-corrected chi connectivity index (χ2v) is 31.0. The van der Waals surface area contributed by atoms with Gasteiger partial charge in [0, 0.05) is 77.6 Å². The fraction of sp³-hybridized carbons (Fsp3) is 0.0577. The monoisotopic (exact) mass is 1380 g/mol. The van der Waals surface area contributed by atoms with E-state index in [0.29, 0.717) is 0 Å². The zero-order valence-corrected chi connectivity index (χ0v) is 60.0. The Balaban J connectivity index is 0.657. The Bertz CT molecular complexity index is 7050. The smallest absolute Gasteiger partial charge is 0.143 e. The Morgan fingerprint density at radius 3 is 0.870 bits per heavy atom. The maximum Gasteiger partial charge on any atom is 0.143 e. The molecule has 108 heavy (non-hydrogen) atoms. The molecule has 4 nitrogen and oxygen atoms in total. The Morgan fingerprint density at radius 2 is 0.491 bits per heavy atom. The molecule has 0 fully saturated rings. The number of anilines is 6. The van der Waals surface area contributed by atoms with E-state index in [1.807, 2.05) is 12.1 Å².